The minimum atomic E-state index is -0.374. The van der Waals surface area contributed by atoms with Gasteiger partial charge >= 0.3 is 5.97 Å². The van der Waals surface area contributed by atoms with Crippen LogP contribution in [0.1, 0.15) is 44.3 Å². The molecule has 0 aliphatic carbocycles. The first kappa shape index (κ1) is 19.6. The fourth-order valence-corrected chi connectivity index (χ4v) is 3.85. The van der Waals surface area contributed by atoms with Gasteiger partial charge in [0.25, 0.3) is 5.91 Å². The fourth-order valence-electron chi connectivity index (χ4n) is 3.85. The molecule has 1 heterocycles. The number of fused-ring (bicyclic) bond motifs is 2. The third kappa shape index (κ3) is 3.20. The SMILES string of the molecule is C=C1c2ccc(-c3ccc(C(=O)OC)cc3)cc2C(=O)N(C)c2ccc(CC)cc21. The van der Waals surface area contributed by atoms with Gasteiger partial charge in [0.15, 0.2) is 0 Å². The zero-order chi connectivity index (χ0) is 21.4. The fraction of sp³-hybridized carbons (Fsp3) is 0.154. The molecule has 0 fully saturated rings. The number of methoxy groups -OCH3 is 1. The molecule has 3 aromatic carbocycles. The molecule has 150 valence electrons. The van der Waals surface area contributed by atoms with Crippen LogP contribution in [0.3, 0.4) is 0 Å². The third-order valence-corrected chi connectivity index (χ3v) is 5.67. The van der Waals surface area contributed by atoms with Gasteiger partial charge in [-0.05, 0) is 64.6 Å². The summed E-state index contributed by atoms with van der Waals surface area (Å²) in [6.07, 6.45) is 0.922. The minimum absolute atomic E-state index is 0.0674. The number of carbonyl (C=O) groups excluding carboxylic acids is 2. The smallest absolute Gasteiger partial charge is 0.337 e. The van der Waals surface area contributed by atoms with Crippen molar-refractivity contribution < 1.29 is 14.3 Å². The van der Waals surface area contributed by atoms with Crippen molar-refractivity contribution in [1.29, 1.82) is 0 Å². The monoisotopic (exact) mass is 397 g/mol. The van der Waals surface area contributed by atoms with Crippen LogP contribution >= 0.6 is 0 Å². The topological polar surface area (TPSA) is 46.6 Å². The number of carbonyl (C=O) groups is 2. The van der Waals surface area contributed by atoms with Crippen LogP contribution in [-0.2, 0) is 11.2 Å². The summed E-state index contributed by atoms with van der Waals surface area (Å²) in [6, 6.07) is 19.2. The van der Waals surface area contributed by atoms with Gasteiger partial charge in [-0.1, -0.05) is 43.8 Å². The molecule has 0 radical (unpaired) electrons. The van der Waals surface area contributed by atoms with Crippen LogP contribution in [0.15, 0.2) is 67.2 Å². The molecule has 0 N–H and O–H groups in total. The van der Waals surface area contributed by atoms with E-state index in [4.69, 9.17) is 4.74 Å². The van der Waals surface area contributed by atoms with Crippen molar-refractivity contribution in [2.24, 2.45) is 0 Å². The zero-order valence-corrected chi connectivity index (χ0v) is 17.4. The van der Waals surface area contributed by atoms with Gasteiger partial charge in [0, 0.05) is 18.2 Å². The lowest BCUT2D eigenvalue weighted by Crippen LogP contribution is -2.26. The van der Waals surface area contributed by atoms with Gasteiger partial charge in [-0.15, -0.1) is 0 Å². The first-order chi connectivity index (χ1) is 14.4. The Kier molecular flexibility index (Phi) is 5.00. The van der Waals surface area contributed by atoms with E-state index in [0.29, 0.717) is 11.1 Å². The van der Waals surface area contributed by atoms with E-state index in [2.05, 4.69) is 25.6 Å². The highest BCUT2D eigenvalue weighted by atomic mass is 16.5. The lowest BCUT2D eigenvalue weighted by Gasteiger charge is -2.18. The van der Waals surface area contributed by atoms with Crippen LogP contribution in [0.5, 0.6) is 0 Å². The molecule has 0 atom stereocenters. The van der Waals surface area contributed by atoms with E-state index < -0.39 is 0 Å². The third-order valence-electron chi connectivity index (χ3n) is 5.67. The maximum Gasteiger partial charge on any atom is 0.337 e. The van der Waals surface area contributed by atoms with Crippen molar-refractivity contribution in [3.8, 4) is 11.1 Å². The van der Waals surface area contributed by atoms with Gasteiger partial charge < -0.3 is 9.64 Å². The predicted octanol–water partition coefficient (Wildman–Crippen LogP) is 5.35. The quantitative estimate of drug-likeness (QED) is 0.560. The summed E-state index contributed by atoms with van der Waals surface area (Å²) in [6.45, 7) is 6.43. The number of amides is 1. The maximum absolute atomic E-state index is 13.3. The zero-order valence-electron chi connectivity index (χ0n) is 17.4. The number of ether oxygens (including phenoxy) is 1. The van der Waals surface area contributed by atoms with Crippen molar-refractivity contribution >= 4 is 23.1 Å². The molecular weight excluding hydrogens is 374 g/mol. The Bertz CT molecular complexity index is 1180. The van der Waals surface area contributed by atoms with Crippen LogP contribution in [0.2, 0.25) is 0 Å². The van der Waals surface area contributed by atoms with Crippen molar-refractivity contribution in [3.63, 3.8) is 0 Å². The second-order valence-corrected chi connectivity index (χ2v) is 7.38. The Morgan fingerprint density at radius 3 is 2.30 bits per heavy atom. The van der Waals surface area contributed by atoms with Gasteiger partial charge in [0.2, 0.25) is 0 Å². The largest absolute Gasteiger partial charge is 0.465 e. The molecular formula is C26H23NO3. The minimum Gasteiger partial charge on any atom is -0.465 e. The van der Waals surface area contributed by atoms with E-state index in [9.17, 15) is 9.59 Å². The highest BCUT2D eigenvalue weighted by Crippen LogP contribution is 2.38. The first-order valence-corrected chi connectivity index (χ1v) is 9.88. The van der Waals surface area contributed by atoms with Crippen molar-refractivity contribution in [2.75, 3.05) is 19.1 Å². The molecule has 1 aliphatic rings. The second kappa shape index (κ2) is 7.64. The molecule has 30 heavy (non-hydrogen) atoms. The number of anilines is 1. The number of benzene rings is 3. The van der Waals surface area contributed by atoms with Gasteiger partial charge in [-0.25, -0.2) is 4.79 Å². The molecule has 0 saturated carbocycles. The molecule has 1 amide bonds. The van der Waals surface area contributed by atoms with E-state index >= 15 is 0 Å². The molecule has 0 unspecified atom stereocenters. The lowest BCUT2D eigenvalue weighted by atomic mass is 9.91. The summed E-state index contributed by atoms with van der Waals surface area (Å²) in [5.41, 5.74) is 7.67. The second-order valence-electron chi connectivity index (χ2n) is 7.38. The summed E-state index contributed by atoms with van der Waals surface area (Å²) in [5, 5.41) is 0. The van der Waals surface area contributed by atoms with Crippen LogP contribution in [0.25, 0.3) is 16.7 Å². The van der Waals surface area contributed by atoms with E-state index in [1.54, 1.807) is 24.1 Å². The van der Waals surface area contributed by atoms with E-state index in [1.165, 1.54) is 12.7 Å². The van der Waals surface area contributed by atoms with E-state index in [0.717, 1.165) is 39.9 Å². The molecule has 3 aromatic rings. The molecule has 0 spiro atoms. The summed E-state index contributed by atoms with van der Waals surface area (Å²) in [5.74, 6) is -0.442. The average Bonchev–Trinajstić information content (AvgIpc) is 2.88. The number of esters is 1. The Morgan fingerprint density at radius 1 is 0.933 bits per heavy atom. The summed E-state index contributed by atoms with van der Waals surface area (Å²) < 4.78 is 4.76. The number of aryl methyl sites for hydroxylation is 1. The molecule has 0 bridgehead atoms. The van der Waals surface area contributed by atoms with Crippen LogP contribution < -0.4 is 4.90 Å². The highest BCUT2D eigenvalue weighted by molar-refractivity contribution is 6.14. The van der Waals surface area contributed by atoms with Crippen molar-refractivity contribution in [3.05, 3.63) is 95.1 Å². The van der Waals surface area contributed by atoms with Gasteiger partial charge in [0.1, 0.15) is 0 Å². The Labute approximate surface area is 176 Å². The van der Waals surface area contributed by atoms with Crippen molar-refractivity contribution in [1.82, 2.24) is 0 Å². The lowest BCUT2D eigenvalue weighted by molar-refractivity contribution is 0.0600. The van der Waals surface area contributed by atoms with Crippen LogP contribution in [0, 0.1) is 0 Å². The molecule has 4 rings (SSSR count). The molecule has 4 nitrogen and oxygen atoms in total. The van der Waals surface area contributed by atoms with Gasteiger partial charge in [0.05, 0.1) is 18.4 Å². The number of rotatable bonds is 3. The van der Waals surface area contributed by atoms with Gasteiger partial charge in [-0.3, -0.25) is 4.79 Å². The molecule has 0 aromatic heterocycles. The summed E-state index contributed by atoms with van der Waals surface area (Å²) >= 11 is 0. The normalized spacial score (nSPS) is 12.8. The molecule has 4 heteroatoms. The Balaban J connectivity index is 1.80. The van der Waals surface area contributed by atoms with Gasteiger partial charge in [-0.2, -0.15) is 0 Å². The number of nitrogens with zero attached hydrogens (tertiary/aromatic N) is 1. The van der Waals surface area contributed by atoms with Crippen LogP contribution in [0.4, 0.5) is 5.69 Å². The number of hydrogen-bond donors (Lipinski definition) is 0. The Hall–Kier alpha value is -3.66. The highest BCUT2D eigenvalue weighted by Gasteiger charge is 2.27. The van der Waals surface area contributed by atoms with E-state index in [-0.39, 0.29) is 11.9 Å². The standard InChI is InChI=1S/C26H23NO3/c1-5-17-6-13-24-22(14-17)16(2)21-12-11-20(15-23(21)25(28)27(24)3)18-7-9-19(10-8-18)26(29)30-4/h6-15H,2,5H2,1,3-4H3. The molecule has 1 aliphatic heterocycles. The maximum atomic E-state index is 13.3. The van der Waals surface area contributed by atoms with E-state index in [1.807, 2.05) is 36.4 Å². The molecule has 0 saturated heterocycles. The predicted molar refractivity (Wildman–Crippen MR) is 120 cm³/mol. The summed E-state index contributed by atoms with van der Waals surface area (Å²) in [4.78, 5) is 26.7. The average molecular weight is 397 g/mol. The van der Waals surface area contributed by atoms with Crippen LogP contribution in [-0.4, -0.2) is 26.0 Å². The van der Waals surface area contributed by atoms with Crippen molar-refractivity contribution in [2.45, 2.75) is 13.3 Å². The Morgan fingerprint density at radius 2 is 1.63 bits per heavy atom. The first-order valence-electron chi connectivity index (χ1n) is 9.88. The number of hydrogen-bond acceptors (Lipinski definition) is 3. The summed E-state index contributed by atoms with van der Waals surface area (Å²) in [7, 11) is 3.16.